The van der Waals surface area contributed by atoms with Crippen molar-refractivity contribution in [3.8, 4) is 0 Å². The Morgan fingerprint density at radius 3 is 2.52 bits per heavy atom. The van der Waals surface area contributed by atoms with E-state index in [1.54, 1.807) is 48.5 Å². The maximum absolute atomic E-state index is 13.3. The molecule has 168 valence electrons. The van der Waals surface area contributed by atoms with Crippen LogP contribution in [0.1, 0.15) is 44.1 Å². The number of hydrogen-bond acceptors (Lipinski definition) is 4. The Morgan fingerprint density at radius 2 is 1.81 bits per heavy atom. The van der Waals surface area contributed by atoms with Gasteiger partial charge in [-0.15, -0.1) is 0 Å². The summed E-state index contributed by atoms with van der Waals surface area (Å²) in [5, 5.41) is 3.66. The molecule has 0 aliphatic heterocycles. The molecule has 5 nitrogen and oxygen atoms in total. The number of nitrogens with one attached hydrogen (secondary N) is 1. The summed E-state index contributed by atoms with van der Waals surface area (Å²) < 4.78 is 27.7. The van der Waals surface area contributed by atoms with Gasteiger partial charge in [0.2, 0.25) is 5.91 Å². The minimum atomic E-state index is -3.85. The number of benzene rings is 2. The lowest BCUT2D eigenvalue weighted by Gasteiger charge is -2.24. The summed E-state index contributed by atoms with van der Waals surface area (Å²) >= 11 is 2.01. The number of amides is 1. The third-order valence-electron chi connectivity index (χ3n) is 5.46. The van der Waals surface area contributed by atoms with Crippen molar-refractivity contribution in [3.05, 3.63) is 60.2 Å². The SMILES string of the molecule is Cc1cccc(N(CC(=O)NCCCSC2CCCCC2)S(=O)(=O)c2ccccc2)c1. The molecule has 1 saturated carbocycles. The van der Waals surface area contributed by atoms with E-state index in [0.29, 0.717) is 12.2 Å². The van der Waals surface area contributed by atoms with Gasteiger partial charge in [-0.3, -0.25) is 9.10 Å². The first-order valence-electron chi connectivity index (χ1n) is 11.0. The Morgan fingerprint density at radius 1 is 1.06 bits per heavy atom. The zero-order valence-electron chi connectivity index (χ0n) is 18.1. The van der Waals surface area contributed by atoms with Crippen molar-refractivity contribution < 1.29 is 13.2 Å². The van der Waals surface area contributed by atoms with Gasteiger partial charge in [-0.2, -0.15) is 11.8 Å². The van der Waals surface area contributed by atoms with E-state index in [1.165, 1.54) is 36.4 Å². The Kier molecular flexibility index (Phi) is 8.84. The van der Waals surface area contributed by atoms with Crippen LogP contribution in [0, 0.1) is 6.92 Å². The molecule has 7 heteroatoms. The molecule has 0 aromatic heterocycles. The minimum Gasteiger partial charge on any atom is -0.354 e. The smallest absolute Gasteiger partial charge is 0.264 e. The predicted octanol–water partition coefficient (Wildman–Crippen LogP) is 4.76. The molecule has 0 unspecified atom stereocenters. The van der Waals surface area contributed by atoms with Gasteiger partial charge < -0.3 is 5.32 Å². The number of carbonyl (C=O) groups excluding carboxylic acids is 1. The molecule has 0 saturated heterocycles. The highest BCUT2D eigenvalue weighted by molar-refractivity contribution is 7.99. The Hall–Kier alpha value is -1.99. The summed E-state index contributed by atoms with van der Waals surface area (Å²) in [5.41, 5.74) is 1.43. The third kappa shape index (κ3) is 7.01. The average molecular weight is 461 g/mol. The Balaban J connectivity index is 1.60. The molecular weight excluding hydrogens is 428 g/mol. The number of anilines is 1. The summed E-state index contributed by atoms with van der Waals surface area (Å²) in [5.74, 6) is 0.734. The summed E-state index contributed by atoms with van der Waals surface area (Å²) in [6.07, 6.45) is 7.52. The molecular formula is C24H32N2O3S2. The van der Waals surface area contributed by atoms with Crippen molar-refractivity contribution in [2.24, 2.45) is 0 Å². The van der Waals surface area contributed by atoms with Crippen LogP contribution in [-0.2, 0) is 14.8 Å². The molecule has 0 radical (unpaired) electrons. The molecule has 2 aromatic carbocycles. The number of sulfonamides is 1. The van der Waals surface area contributed by atoms with E-state index in [1.807, 2.05) is 24.8 Å². The highest BCUT2D eigenvalue weighted by Gasteiger charge is 2.27. The molecule has 1 fully saturated rings. The molecule has 0 atom stereocenters. The van der Waals surface area contributed by atoms with Gasteiger partial charge in [0.05, 0.1) is 10.6 Å². The fourth-order valence-corrected chi connectivity index (χ4v) is 6.53. The van der Waals surface area contributed by atoms with Crippen molar-refractivity contribution in [1.82, 2.24) is 5.32 Å². The van der Waals surface area contributed by atoms with Crippen LogP contribution in [0.4, 0.5) is 5.69 Å². The van der Waals surface area contributed by atoms with E-state index >= 15 is 0 Å². The fraction of sp³-hybridized carbons (Fsp3) is 0.458. The lowest BCUT2D eigenvalue weighted by Crippen LogP contribution is -2.41. The van der Waals surface area contributed by atoms with Crippen molar-refractivity contribution in [2.45, 2.75) is 55.6 Å². The second-order valence-corrected chi connectivity index (χ2v) is 11.3. The van der Waals surface area contributed by atoms with E-state index in [2.05, 4.69) is 5.32 Å². The van der Waals surface area contributed by atoms with Crippen LogP contribution in [0.15, 0.2) is 59.5 Å². The fourth-order valence-electron chi connectivity index (χ4n) is 3.79. The molecule has 1 aliphatic carbocycles. The van der Waals surface area contributed by atoms with Crippen LogP contribution in [-0.4, -0.2) is 38.4 Å². The van der Waals surface area contributed by atoms with Gasteiger partial charge in [0.25, 0.3) is 10.0 Å². The first kappa shape index (κ1) is 23.7. The van der Waals surface area contributed by atoms with Crippen LogP contribution in [0.2, 0.25) is 0 Å². The molecule has 1 amide bonds. The summed E-state index contributed by atoms with van der Waals surface area (Å²) in [6, 6.07) is 15.5. The van der Waals surface area contributed by atoms with Crippen LogP contribution in [0.3, 0.4) is 0 Å². The number of aryl methyl sites for hydroxylation is 1. The normalized spacial score (nSPS) is 14.9. The molecule has 1 aliphatic rings. The quantitative estimate of drug-likeness (QED) is 0.519. The topological polar surface area (TPSA) is 66.5 Å². The highest BCUT2D eigenvalue weighted by Crippen LogP contribution is 2.28. The highest BCUT2D eigenvalue weighted by atomic mass is 32.2. The summed E-state index contributed by atoms with van der Waals surface area (Å²) in [4.78, 5) is 12.8. The van der Waals surface area contributed by atoms with Crippen LogP contribution in [0.25, 0.3) is 0 Å². The predicted molar refractivity (Wildman–Crippen MR) is 129 cm³/mol. The van der Waals surface area contributed by atoms with Gasteiger partial charge in [-0.25, -0.2) is 8.42 Å². The molecule has 0 heterocycles. The maximum atomic E-state index is 13.3. The summed E-state index contributed by atoms with van der Waals surface area (Å²) in [7, 11) is -3.85. The molecule has 31 heavy (non-hydrogen) atoms. The number of thioether (sulfide) groups is 1. The molecule has 1 N–H and O–H groups in total. The van der Waals surface area contributed by atoms with Crippen molar-refractivity contribution in [2.75, 3.05) is 23.1 Å². The van der Waals surface area contributed by atoms with Crippen molar-refractivity contribution in [1.29, 1.82) is 0 Å². The van der Waals surface area contributed by atoms with E-state index in [4.69, 9.17) is 0 Å². The lowest BCUT2D eigenvalue weighted by molar-refractivity contribution is -0.119. The monoisotopic (exact) mass is 460 g/mol. The zero-order valence-corrected chi connectivity index (χ0v) is 19.8. The lowest BCUT2D eigenvalue weighted by atomic mass is 10.0. The van der Waals surface area contributed by atoms with Gasteiger partial charge in [0.15, 0.2) is 0 Å². The number of nitrogens with zero attached hydrogens (tertiary/aromatic N) is 1. The molecule has 0 spiro atoms. The van der Waals surface area contributed by atoms with Crippen LogP contribution in [0.5, 0.6) is 0 Å². The van der Waals surface area contributed by atoms with Gasteiger partial charge in [0, 0.05) is 11.8 Å². The number of hydrogen-bond donors (Lipinski definition) is 1. The largest absolute Gasteiger partial charge is 0.354 e. The van der Waals surface area contributed by atoms with Crippen LogP contribution < -0.4 is 9.62 Å². The first-order valence-corrected chi connectivity index (χ1v) is 13.5. The second kappa shape index (κ2) is 11.6. The molecule has 0 bridgehead atoms. The maximum Gasteiger partial charge on any atom is 0.264 e. The molecule has 2 aromatic rings. The zero-order chi connectivity index (χ0) is 22.1. The second-order valence-electron chi connectivity index (χ2n) is 8.00. The van der Waals surface area contributed by atoms with E-state index in [-0.39, 0.29) is 17.3 Å². The van der Waals surface area contributed by atoms with Gasteiger partial charge in [-0.05, 0) is 61.8 Å². The number of rotatable bonds is 10. The van der Waals surface area contributed by atoms with E-state index in [9.17, 15) is 13.2 Å². The van der Waals surface area contributed by atoms with Gasteiger partial charge in [-0.1, -0.05) is 49.6 Å². The Bertz CT molecular complexity index is 942. The molecule has 3 rings (SSSR count). The van der Waals surface area contributed by atoms with E-state index < -0.39 is 10.0 Å². The Labute approximate surface area is 190 Å². The first-order chi connectivity index (χ1) is 15.0. The van der Waals surface area contributed by atoms with Gasteiger partial charge in [0.1, 0.15) is 6.54 Å². The van der Waals surface area contributed by atoms with Gasteiger partial charge >= 0.3 is 0 Å². The van der Waals surface area contributed by atoms with E-state index in [0.717, 1.165) is 23.0 Å². The van der Waals surface area contributed by atoms with Crippen molar-refractivity contribution in [3.63, 3.8) is 0 Å². The summed E-state index contributed by atoms with van der Waals surface area (Å²) in [6.45, 7) is 2.23. The number of carbonyl (C=O) groups is 1. The third-order valence-corrected chi connectivity index (χ3v) is 8.71. The average Bonchev–Trinajstić information content (AvgIpc) is 2.78. The van der Waals surface area contributed by atoms with Crippen LogP contribution >= 0.6 is 11.8 Å². The standard InChI is InChI=1S/C24H32N2O3S2/c1-20-10-8-11-21(18-20)26(31(28,29)23-14-6-3-7-15-23)19-24(27)25-16-9-17-30-22-12-4-2-5-13-22/h3,6-8,10-11,14-15,18,22H,2,4-5,9,12-13,16-17,19H2,1H3,(H,25,27). The van der Waals surface area contributed by atoms with Crippen molar-refractivity contribution >= 4 is 33.4 Å². The minimum absolute atomic E-state index is 0.174.